The molecule has 0 spiro atoms. The highest BCUT2D eigenvalue weighted by Gasteiger charge is 2.01. The zero-order valence-electron chi connectivity index (χ0n) is 7.20. The smallest absolute Gasteiger partial charge is 0.197 e. The zero-order valence-corrected chi connectivity index (χ0v) is 8.02. The molecule has 0 aliphatic carbocycles. The molecule has 0 atom stereocenters. The van der Waals surface area contributed by atoms with Gasteiger partial charge in [-0.05, 0) is 13.8 Å². The maximum Gasteiger partial charge on any atom is 0.197 e. The van der Waals surface area contributed by atoms with Crippen molar-refractivity contribution in [2.24, 2.45) is 5.84 Å². The van der Waals surface area contributed by atoms with Gasteiger partial charge in [0.05, 0.1) is 17.6 Å². The van der Waals surface area contributed by atoms with Crippen molar-refractivity contribution in [2.75, 3.05) is 5.43 Å². The van der Waals surface area contributed by atoms with Crippen LogP contribution < -0.4 is 11.3 Å². The Morgan fingerprint density at radius 3 is 3.00 bits per heavy atom. The Hall–Kier alpha value is -0.650. The van der Waals surface area contributed by atoms with Crippen LogP contribution in [0.4, 0.5) is 5.13 Å². The quantitative estimate of drug-likeness (QED) is 0.552. The molecule has 0 amide bonds. The minimum Gasteiger partial charge on any atom is -0.373 e. The van der Waals surface area contributed by atoms with E-state index in [2.05, 4.69) is 10.4 Å². The highest BCUT2D eigenvalue weighted by Crippen LogP contribution is 2.17. The van der Waals surface area contributed by atoms with Crippen LogP contribution in [0.15, 0.2) is 6.20 Å². The van der Waals surface area contributed by atoms with Crippen molar-refractivity contribution in [2.45, 2.75) is 26.6 Å². The molecule has 0 aliphatic heterocycles. The predicted octanol–water partition coefficient (Wildman–Crippen LogP) is 1.35. The number of nitrogens with one attached hydrogen (secondary N) is 1. The molecule has 0 unspecified atom stereocenters. The van der Waals surface area contributed by atoms with Crippen molar-refractivity contribution in [3.63, 3.8) is 0 Å². The summed E-state index contributed by atoms with van der Waals surface area (Å²) in [6, 6.07) is 0. The Morgan fingerprint density at radius 2 is 2.50 bits per heavy atom. The van der Waals surface area contributed by atoms with E-state index in [0.29, 0.717) is 6.61 Å². The number of aromatic nitrogens is 1. The first-order chi connectivity index (χ1) is 5.72. The number of nitrogens with two attached hydrogens (primary N) is 1. The Morgan fingerprint density at radius 1 is 1.75 bits per heavy atom. The number of rotatable bonds is 4. The van der Waals surface area contributed by atoms with Crippen LogP contribution in [0.3, 0.4) is 0 Å². The van der Waals surface area contributed by atoms with Crippen LogP contribution in [0.25, 0.3) is 0 Å². The fourth-order valence-corrected chi connectivity index (χ4v) is 1.33. The maximum absolute atomic E-state index is 5.39. The lowest BCUT2D eigenvalue weighted by molar-refractivity contribution is 0.0673. The summed E-state index contributed by atoms with van der Waals surface area (Å²) in [5.41, 5.74) is 2.49. The summed E-state index contributed by atoms with van der Waals surface area (Å²) in [6.45, 7) is 4.61. The first-order valence-electron chi connectivity index (χ1n) is 3.75. The minimum atomic E-state index is 0.251. The average molecular weight is 187 g/mol. The molecular weight excluding hydrogens is 174 g/mol. The van der Waals surface area contributed by atoms with E-state index in [1.807, 2.05) is 13.8 Å². The lowest BCUT2D eigenvalue weighted by atomic mass is 10.5. The molecule has 1 aromatic heterocycles. The van der Waals surface area contributed by atoms with E-state index in [1.54, 1.807) is 6.20 Å². The number of nitrogens with zero attached hydrogens (tertiary/aromatic N) is 1. The fraction of sp³-hybridized carbons (Fsp3) is 0.571. The second-order valence-corrected chi connectivity index (χ2v) is 3.75. The Kier molecular flexibility index (Phi) is 3.46. The number of hydrogen-bond donors (Lipinski definition) is 2. The molecule has 0 radical (unpaired) electrons. The van der Waals surface area contributed by atoms with E-state index < -0.39 is 0 Å². The minimum absolute atomic E-state index is 0.251. The molecule has 1 heterocycles. The number of ether oxygens (including phenoxy) is 1. The van der Waals surface area contributed by atoms with Crippen LogP contribution in [0.5, 0.6) is 0 Å². The summed E-state index contributed by atoms with van der Waals surface area (Å²) < 4.78 is 5.39. The molecule has 12 heavy (non-hydrogen) atoms. The van der Waals surface area contributed by atoms with Gasteiger partial charge in [-0.2, -0.15) is 0 Å². The molecule has 0 fully saturated rings. The molecule has 5 heteroatoms. The van der Waals surface area contributed by atoms with Gasteiger partial charge in [0.15, 0.2) is 5.13 Å². The van der Waals surface area contributed by atoms with Gasteiger partial charge in [0.25, 0.3) is 0 Å². The van der Waals surface area contributed by atoms with Gasteiger partial charge in [-0.15, -0.1) is 0 Å². The third-order valence-electron chi connectivity index (χ3n) is 1.24. The van der Waals surface area contributed by atoms with Gasteiger partial charge >= 0.3 is 0 Å². The molecule has 0 aromatic carbocycles. The zero-order chi connectivity index (χ0) is 8.97. The third kappa shape index (κ3) is 2.77. The third-order valence-corrected chi connectivity index (χ3v) is 2.14. The monoisotopic (exact) mass is 187 g/mol. The number of anilines is 1. The van der Waals surface area contributed by atoms with Crippen molar-refractivity contribution in [3.05, 3.63) is 11.1 Å². The summed E-state index contributed by atoms with van der Waals surface area (Å²) >= 11 is 1.50. The van der Waals surface area contributed by atoms with E-state index in [9.17, 15) is 0 Å². The second kappa shape index (κ2) is 4.39. The molecule has 1 rings (SSSR count). The summed E-state index contributed by atoms with van der Waals surface area (Å²) in [7, 11) is 0. The van der Waals surface area contributed by atoms with Crippen molar-refractivity contribution in [3.8, 4) is 0 Å². The van der Waals surface area contributed by atoms with Crippen molar-refractivity contribution in [1.29, 1.82) is 0 Å². The van der Waals surface area contributed by atoms with E-state index in [-0.39, 0.29) is 6.10 Å². The molecule has 0 bridgehead atoms. The number of hydrogen-bond acceptors (Lipinski definition) is 5. The van der Waals surface area contributed by atoms with E-state index in [1.165, 1.54) is 11.3 Å². The van der Waals surface area contributed by atoms with Crippen LogP contribution >= 0.6 is 11.3 Å². The largest absolute Gasteiger partial charge is 0.373 e. The molecular formula is C7H13N3OS. The fourth-order valence-electron chi connectivity index (χ4n) is 0.690. The number of thiazole rings is 1. The second-order valence-electron chi connectivity index (χ2n) is 2.64. The summed E-state index contributed by atoms with van der Waals surface area (Å²) in [5, 5.41) is 0.720. The Bertz CT molecular complexity index is 236. The first-order valence-corrected chi connectivity index (χ1v) is 4.57. The molecule has 3 N–H and O–H groups in total. The van der Waals surface area contributed by atoms with Crippen molar-refractivity contribution >= 4 is 16.5 Å². The maximum atomic E-state index is 5.39. The highest BCUT2D eigenvalue weighted by molar-refractivity contribution is 7.15. The first kappa shape index (κ1) is 9.44. The van der Waals surface area contributed by atoms with Crippen molar-refractivity contribution < 1.29 is 4.74 Å². The average Bonchev–Trinajstić information content (AvgIpc) is 2.48. The summed E-state index contributed by atoms with van der Waals surface area (Å²) in [4.78, 5) is 5.10. The van der Waals surface area contributed by atoms with Crippen LogP contribution in [0.1, 0.15) is 18.7 Å². The van der Waals surface area contributed by atoms with Gasteiger partial charge in [-0.1, -0.05) is 11.3 Å². The predicted molar refractivity (Wildman–Crippen MR) is 49.8 cm³/mol. The normalized spacial score (nSPS) is 10.7. The van der Waals surface area contributed by atoms with Crippen LogP contribution in [0, 0.1) is 0 Å². The van der Waals surface area contributed by atoms with Gasteiger partial charge in [0.2, 0.25) is 0 Å². The van der Waals surface area contributed by atoms with E-state index >= 15 is 0 Å². The lowest BCUT2D eigenvalue weighted by Crippen LogP contribution is -2.05. The molecule has 0 aliphatic rings. The van der Waals surface area contributed by atoms with Gasteiger partial charge in [0.1, 0.15) is 0 Å². The molecule has 1 aromatic rings. The van der Waals surface area contributed by atoms with Crippen LogP contribution in [-0.2, 0) is 11.3 Å². The Labute approximate surface area is 75.7 Å². The van der Waals surface area contributed by atoms with Crippen LogP contribution in [-0.4, -0.2) is 11.1 Å². The van der Waals surface area contributed by atoms with Gasteiger partial charge in [-0.25, -0.2) is 10.8 Å². The van der Waals surface area contributed by atoms with E-state index in [4.69, 9.17) is 10.6 Å². The Balaban J connectivity index is 2.41. The summed E-state index contributed by atoms with van der Waals surface area (Å²) in [6.07, 6.45) is 2.02. The number of hydrazine groups is 1. The molecule has 0 saturated carbocycles. The number of nitrogen functional groups attached to an aromatic ring is 1. The molecule has 0 saturated heterocycles. The van der Waals surface area contributed by atoms with Crippen molar-refractivity contribution in [1.82, 2.24) is 4.98 Å². The standard InChI is InChI=1S/C7H13N3OS/c1-5(2)11-4-6-3-9-7(10-8)12-6/h3,5H,4,8H2,1-2H3,(H,9,10). The topological polar surface area (TPSA) is 60.2 Å². The van der Waals surface area contributed by atoms with E-state index in [0.717, 1.165) is 10.0 Å². The van der Waals surface area contributed by atoms with Gasteiger partial charge < -0.3 is 4.74 Å². The lowest BCUT2D eigenvalue weighted by Gasteiger charge is -2.03. The highest BCUT2D eigenvalue weighted by atomic mass is 32.1. The van der Waals surface area contributed by atoms with Gasteiger partial charge in [-0.3, -0.25) is 5.43 Å². The van der Waals surface area contributed by atoms with Crippen LogP contribution in [0.2, 0.25) is 0 Å². The SMILES string of the molecule is CC(C)OCc1cnc(NN)s1. The van der Waals surface area contributed by atoms with Gasteiger partial charge in [0, 0.05) is 6.20 Å². The summed E-state index contributed by atoms with van der Waals surface area (Å²) in [5.74, 6) is 5.18. The molecule has 68 valence electrons. The molecule has 4 nitrogen and oxygen atoms in total.